The number of fused-ring (bicyclic) bond motifs is 1. The highest BCUT2D eigenvalue weighted by Gasteiger charge is 2.17. The van der Waals surface area contributed by atoms with E-state index in [4.69, 9.17) is 0 Å². The first-order valence-corrected chi connectivity index (χ1v) is 5.03. The van der Waals surface area contributed by atoms with Gasteiger partial charge in [-0.3, -0.25) is 0 Å². The van der Waals surface area contributed by atoms with Crippen LogP contribution in [0, 0.1) is 5.82 Å². The van der Waals surface area contributed by atoms with Gasteiger partial charge in [-0.2, -0.15) is 5.10 Å². The lowest BCUT2D eigenvalue weighted by Gasteiger charge is -1.96. The Balaban J connectivity index is 2.10. The van der Waals surface area contributed by atoms with Gasteiger partial charge in [-0.05, 0) is 18.6 Å². The molecule has 0 fully saturated rings. The van der Waals surface area contributed by atoms with Crippen LogP contribution < -0.4 is 0 Å². The molecule has 0 spiro atoms. The van der Waals surface area contributed by atoms with Crippen LogP contribution in [0.15, 0.2) is 24.3 Å². The molecule has 3 rings (SSSR count). The van der Waals surface area contributed by atoms with Crippen molar-refractivity contribution in [2.45, 2.75) is 19.4 Å². The number of nitrogens with zero attached hydrogens (tertiary/aromatic N) is 3. The molecule has 0 atom stereocenters. The van der Waals surface area contributed by atoms with Crippen LogP contribution in [0.4, 0.5) is 4.39 Å². The van der Waals surface area contributed by atoms with Gasteiger partial charge in [0.15, 0.2) is 5.82 Å². The Labute approximate surface area is 86.6 Å². The first kappa shape index (κ1) is 8.59. The monoisotopic (exact) mass is 203 g/mol. The summed E-state index contributed by atoms with van der Waals surface area (Å²) >= 11 is 0. The van der Waals surface area contributed by atoms with E-state index >= 15 is 0 Å². The first-order valence-electron chi connectivity index (χ1n) is 5.03. The first-order chi connectivity index (χ1) is 7.34. The van der Waals surface area contributed by atoms with Gasteiger partial charge in [0, 0.05) is 13.0 Å². The number of benzene rings is 1. The van der Waals surface area contributed by atoms with E-state index in [1.165, 1.54) is 6.07 Å². The minimum absolute atomic E-state index is 0.262. The fourth-order valence-electron chi connectivity index (χ4n) is 1.88. The van der Waals surface area contributed by atoms with Crippen molar-refractivity contribution in [2.75, 3.05) is 0 Å². The molecule has 0 saturated carbocycles. The summed E-state index contributed by atoms with van der Waals surface area (Å²) < 4.78 is 15.3. The van der Waals surface area contributed by atoms with Gasteiger partial charge in [-0.25, -0.2) is 14.1 Å². The van der Waals surface area contributed by atoms with E-state index in [2.05, 4.69) is 10.1 Å². The second-order valence-electron chi connectivity index (χ2n) is 3.66. The molecule has 76 valence electrons. The van der Waals surface area contributed by atoms with Crippen LogP contribution in [0.1, 0.15) is 12.2 Å². The van der Waals surface area contributed by atoms with Crippen LogP contribution in [-0.2, 0) is 13.0 Å². The number of aryl methyl sites for hydroxylation is 2. The molecule has 3 nitrogen and oxygen atoms in total. The topological polar surface area (TPSA) is 30.7 Å². The Morgan fingerprint density at radius 1 is 1.27 bits per heavy atom. The van der Waals surface area contributed by atoms with E-state index in [0.717, 1.165) is 25.2 Å². The van der Waals surface area contributed by atoms with Crippen LogP contribution >= 0.6 is 0 Å². The summed E-state index contributed by atoms with van der Waals surface area (Å²) in [6, 6.07) is 6.61. The second kappa shape index (κ2) is 3.15. The van der Waals surface area contributed by atoms with Gasteiger partial charge in [0.05, 0.1) is 5.56 Å². The molecule has 0 saturated heterocycles. The van der Waals surface area contributed by atoms with E-state index in [9.17, 15) is 4.39 Å². The molecule has 1 aliphatic heterocycles. The van der Waals surface area contributed by atoms with Crippen LogP contribution in [0.3, 0.4) is 0 Å². The van der Waals surface area contributed by atoms with Gasteiger partial charge in [-0.1, -0.05) is 12.1 Å². The maximum Gasteiger partial charge on any atom is 0.184 e. The predicted molar refractivity (Wildman–Crippen MR) is 53.7 cm³/mol. The number of aromatic nitrogens is 3. The molecule has 1 aliphatic rings. The SMILES string of the molecule is Fc1ccccc1-c1nc2n(n1)CCC2. The summed E-state index contributed by atoms with van der Waals surface area (Å²) in [5, 5.41) is 4.29. The number of hydrogen-bond acceptors (Lipinski definition) is 2. The maximum atomic E-state index is 13.4. The van der Waals surface area contributed by atoms with Crippen molar-refractivity contribution in [3.63, 3.8) is 0 Å². The van der Waals surface area contributed by atoms with Crippen LogP contribution in [0.5, 0.6) is 0 Å². The molecule has 4 heteroatoms. The lowest BCUT2D eigenvalue weighted by atomic mass is 10.2. The lowest BCUT2D eigenvalue weighted by molar-refractivity contribution is 0.626. The Bertz CT molecular complexity index is 483. The lowest BCUT2D eigenvalue weighted by Crippen LogP contribution is -1.94. The van der Waals surface area contributed by atoms with Gasteiger partial charge in [-0.15, -0.1) is 0 Å². The average molecular weight is 203 g/mol. The number of halogens is 1. The zero-order valence-electron chi connectivity index (χ0n) is 8.15. The van der Waals surface area contributed by atoms with Crippen molar-refractivity contribution < 1.29 is 4.39 Å². The van der Waals surface area contributed by atoms with Gasteiger partial charge in [0.25, 0.3) is 0 Å². The smallest absolute Gasteiger partial charge is 0.184 e. The summed E-state index contributed by atoms with van der Waals surface area (Å²) in [4.78, 5) is 4.33. The molecular formula is C11H10FN3. The Morgan fingerprint density at radius 3 is 2.93 bits per heavy atom. The highest BCUT2D eigenvalue weighted by atomic mass is 19.1. The molecule has 15 heavy (non-hydrogen) atoms. The molecule has 1 aromatic carbocycles. The van der Waals surface area contributed by atoms with E-state index in [1.807, 2.05) is 4.68 Å². The van der Waals surface area contributed by atoms with E-state index in [0.29, 0.717) is 11.4 Å². The highest BCUT2D eigenvalue weighted by Crippen LogP contribution is 2.21. The second-order valence-corrected chi connectivity index (χ2v) is 3.66. The third-order valence-corrected chi connectivity index (χ3v) is 2.63. The van der Waals surface area contributed by atoms with Crippen LogP contribution in [0.2, 0.25) is 0 Å². The molecular weight excluding hydrogens is 193 g/mol. The minimum Gasteiger partial charge on any atom is -0.249 e. The van der Waals surface area contributed by atoms with Crippen molar-refractivity contribution in [1.82, 2.24) is 14.8 Å². The van der Waals surface area contributed by atoms with Crippen molar-refractivity contribution in [2.24, 2.45) is 0 Å². The predicted octanol–water partition coefficient (Wildman–Crippen LogP) is 2.03. The fourth-order valence-corrected chi connectivity index (χ4v) is 1.88. The zero-order valence-corrected chi connectivity index (χ0v) is 8.15. The summed E-state index contributed by atoms with van der Waals surface area (Å²) in [5.41, 5.74) is 0.486. The van der Waals surface area contributed by atoms with Gasteiger partial charge >= 0.3 is 0 Å². The molecule has 0 unspecified atom stereocenters. The largest absolute Gasteiger partial charge is 0.249 e. The molecule has 0 N–H and O–H groups in total. The molecule has 0 bridgehead atoms. The molecule has 0 radical (unpaired) electrons. The van der Waals surface area contributed by atoms with Crippen LogP contribution in [0.25, 0.3) is 11.4 Å². The molecule has 1 aromatic heterocycles. The van der Waals surface area contributed by atoms with Gasteiger partial charge < -0.3 is 0 Å². The van der Waals surface area contributed by atoms with E-state index < -0.39 is 0 Å². The minimum atomic E-state index is -0.262. The van der Waals surface area contributed by atoms with Crippen molar-refractivity contribution in [3.8, 4) is 11.4 Å². The Kier molecular flexibility index (Phi) is 1.80. The summed E-state index contributed by atoms with van der Waals surface area (Å²) in [6.45, 7) is 0.900. The third-order valence-electron chi connectivity index (χ3n) is 2.63. The highest BCUT2D eigenvalue weighted by molar-refractivity contribution is 5.55. The van der Waals surface area contributed by atoms with E-state index in [-0.39, 0.29) is 5.82 Å². The molecule has 2 aromatic rings. The average Bonchev–Trinajstić information content (AvgIpc) is 2.77. The standard InChI is InChI=1S/C11H10FN3/c12-9-5-2-1-4-8(9)11-13-10-6-3-7-15(10)14-11/h1-2,4-5H,3,6-7H2. The van der Waals surface area contributed by atoms with Crippen LogP contribution in [-0.4, -0.2) is 14.8 Å². The quantitative estimate of drug-likeness (QED) is 0.710. The van der Waals surface area contributed by atoms with Gasteiger partial charge in [0.1, 0.15) is 11.6 Å². The Hall–Kier alpha value is -1.71. The molecule has 2 heterocycles. The summed E-state index contributed by atoms with van der Waals surface area (Å²) in [5.74, 6) is 1.21. The fraction of sp³-hybridized carbons (Fsp3) is 0.273. The van der Waals surface area contributed by atoms with Crippen molar-refractivity contribution in [1.29, 1.82) is 0 Å². The number of hydrogen-bond donors (Lipinski definition) is 0. The summed E-state index contributed by atoms with van der Waals surface area (Å²) in [7, 11) is 0. The van der Waals surface area contributed by atoms with Crippen molar-refractivity contribution in [3.05, 3.63) is 35.9 Å². The normalized spacial score (nSPS) is 14.2. The molecule has 0 aliphatic carbocycles. The Morgan fingerprint density at radius 2 is 2.13 bits per heavy atom. The zero-order chi connectivity index (χ0) is 10.3. The van der Waals surface area contributed by atoms with Crippen molar-refractivity contribution >= 4 is 0 Å². The number of rotatable bonds is 1. The maximum absolute atomic E-state index is 13.4. The molecule has 0 amide bonds. The third kappa shape index (κ3) is 1.33. The van der Waals surface area contributed by atoms with E-state index in [1.54, 1.807) is 18.2 Å². The summed E-state index contributed by atoms with van der Waals surface area (Å²) in [6.07, 6.45) is 2.04. The van der Waals surface area contributed by atoms with Gasteiger partial charge in [0.2, 0.25) is 0 Å².